The number of aryl methyl sites for hydroxylation is 1. The summed E-state index contributed by atoms with van der Waals surface area (Å²) in [7, 11) is 0. The fourth-order valence-corrected chi connectivity index (χ4v) is 1.05. The molecule has 0 amide bonds. The molecule has 0 spiro atoms. The van der Waals surface area contributed by atoms with Crippen LogP contribution in [0.5, 0.6) is 0 Å². The summed E-state index contributed by atoms with van der Waals surface area (Å²) >= 11 is 0. The average molecular weight is 250 g/mol. The Balaban J connectivity index is 0.00000137. The van der Waals surface area contributed by atoms with Crippen molar-refractivity contribution in [2.45, 2.75) is 27.7 Å². The second-order valence-corrected chi connectivity index (χ2v) is 3.30. The van der Waals surface area contributed by atoms with Crippen molar-refractivity contribution in [1.82, 2.24) is 0 Å². The van der Waals surface area contributed by atoms with E-state index in [4.69, 9.17) is 9.15 Å². The zero-order chi connectivity index (χ0) is 14.3. The van der Waals surface area contributed by atoms with Crippen LogP contribution in [0.15, 0.2) is 41.2 Å². The van der Waals surface area contributed by atoms with E-state index in [1.807, 2.05) is 13.8 Å². The maximum absolute atomic E-state index is 11.6. The minimum atomic E-state index is -0.836. The summed E-state index contributed by atoms with van der Waals surface area (Å²) in [6, 6.07) is 3.03. The van der Waals surface area contributed by atoms with Crippen LogP contribution >= 0.6 is 0 Å². The Labute approximate surface area is 107 Å². The van der Waals surface area contributed by atoms with Crippen molar-refractivity contribution >= 4 is 11.6 Å². The molecule has 18 heavy (non-hydrogen) atoms. The third kappa shape index (κ3) is 4.41. The first-order chi connectivity index (χ1) is 8.41. The molecule has 98 valence electrons. The van der Waals surface area contributed by atoms with Gasteiger partial charge in [0.2, 0.25) is 0 Å². The SMILES string of the molecule is C=C(C)OC(=C)C(=O)C(=O)c1ccc(C)o1.CC. The molecule has 0 aliphatic rings. The van der Waals surface area contributed by atoms with Gasteiger partial charge in [0.05, 0.1) is 5.76 Å². The summed E-state index contributed by atoms with van der Waals surface area (Å²) < 4.78 is 9.89. The largest absolute Gasteiger partial charge is 0.459 e. The number of carbonyl (C=O) groups is 2. The van der Waals surface area contributed by atoms with Crippen molar-refractivity contribution in [1.29, 1.82) is 0 Å². The molecule has 1 heterocycles. The summed E-state index contributed by atoms with van der Waals surface area (Å²) in [5.74, 6) is -1.04. The molecule has 0 N–H and O–H groups in total. The first-order valence-corrected chi connectivity index (χ1v) is 5.59. The van der Waals surface area contributed by atoms with E-state index in [-0.39, 0.29) is 11.5 Å². The molecule has 0 saturated heterocycles. The second kappa shape index (κ2) is 7.27. The van der Waals surface area contributed by atoms with E-state index in [1.54, 1.807) is 19.9 Å². The van der Waals surface area contributed by atoms with Crippen molar-refractivity contribution in [3.05, 3.63) is 48.3 Å². The third-order valence-corrected chi connectivity index (χ3v) is 1.72. The molecule has 0 saturated carbocycles. The molecule has 0 aliphatic heterocycles. The number of Topliss-reactive ketones (excluding diaryl/α,β-unsaturated/α-hetero) is 2. The predicted molar refractivity (Wildman–Crippen MR) is 69.2 cm³/mol. The second-order valence-electron chi connectivity index (χ2n) is 3.30. The van der Waals surface area contributed by atoms with Gasteiger partial charge in [-0.05, 0) is 26.0 Å². The van der Waals surface area contributed by atoms with E-state index in [9.17, 15) is 9.59 Å². The topological polar surface area (TPSA) is 56.5 Å². The van der Waals surface area contributed by atoms with Gasteiger partial charge in [-0.3, -0.25) is 9.59 Å². The lowest BCUT2D eigenvalue weighted by molar-refractivity contribution is -0.114. The molecule has 0 aliphatic carbocycles. The van der Waals surface area contributed by atoms with Crippen LogP contribution in [0.3, 0.4) is 0 Å². The highest BCUT2D eigenvalue weighted by molar-refractivity contribution is 6.47. The van der Waals surface area contributed by atoms with Gasteiger partial charge in [0.1, 0.15) is 5.76 Å². The molecule has 4 nitrogen and oxygen atoms in total. The zero-order valence-electron chi connectivity index (χ0n) is 11.2. The lowest BCUT2D eigenvalue weighted by atomic mass is 10.2. The van der Waals surface area contributed by atoms with Gasteiger partial charge in [0.15, 0.2) is 11.5 Å². The van der Waals surface area contributed by atoms with Crippen LogP contribution in [0, 0.1) is 6.92 Å². The Bertz CT molecular complexity index is 466. The molecule has 0 radical (unpaired) electrons. The van der Waals surface area contributed by atoms with Gasteiger partial charge in [-0.1, -0.05) is 27.0 Å². The van der Waals surface area contributed by atoms with Crippen LogP contribution in [0.4, 0.5) is 0 Å². The zero-order valence-corrected chi connectivity index (χ0v) is 11.2. The maximum atomic E-state index is 11.6. The molecule has 0 atom stereocenters. The highest BCUT2D eigenvalue weighted by Gasteiger charge is 2.23. The van der Waals surface area contributed by atoms with E-state index in [1.165, 1.54) is 6.07 Å². The van der Waals surface area contributed by atoms with Crippen molar-refractivity contribution in [3.8, 4) is 0 Å². The van der Waals surface area contributed by atoms with Crippen molar-refractivity contribution in [3.63, 3.8) is 0 Å². The predicted octanol–water partition coefficient (Wildman–Crippen LogP) is 3.43. The number of furan rings is 1. The van der Waals surface area contributed by atoms with Crippen LogP contribution in [-0.2, 0) is 9.53 Å². The Hall–Kier alpha value is -2.10. The first kappa shape index (κ1) is 15.9. The smallest absolute Gasteiger partial charge is 0.271 e. The molecule has 4 heteroatoms. The highest BCUT2D eigenvalue weighted by atomic mass is 16.5. The fraction of sp³-hybridized carbons (Fsp3) is 0.286. The standard InChI is InChI=1S/C12H12O4.C2H6/c1-7(2)15-9(4)11(13)12(14)10-6-5-8(3)16-10;1-2/h5-6H,1,4H2,2-3H3;1-2H3. The molecular formula is C14H18O4. The summed E-state index contributed by atoms with van der Waals surface area (Å²) in [6.07, 6.45) is 0. The van der Waals surface area contributed by atoms with E-state index in [0.717, 1.165) is 0 Å². The summed E-state index contributed by atoms with van der Waals surface area (Å²) in [5.41, 5.74) is 0. The van der Waals surface area contributed by atoms with Crippen molar-refractivity contribution in [2.75, 3.05) is 0 Å². The van der Waals surface area contributed by atoms with Gasteiger partial charge in [-0.15, -0.1) is 0 Å². The molecule has 0 unspecified atom stereocenters. The van der Waals surface area contributed by atoms with E-state index < -0.39 is 11.6 Å². The molecule has 0 fully saturated rings. The first-order valence-electron chi connectivity index (χ1n) is 5.59. The molecule has 1 aromatic heterocycles. The number of carbonyl (C=O) groups excluding carboxylic acids is 2. The van der Waals surface area contributed by atoms with Crippen LogP contribution in [0.25, 0.3) is 0 Å². The average Bonchev–Trinajstić information content (AvgIpc) is 2.75. The highest BCUT2D eigenvalue weighted by Crippen LogP contribution is 2.11. The Morgan fingerprint density at radius 3 is 2.17 bits per heavy atom. The number of ether oxygens (including phenoxy) is 1. The van der Waals surface area contributed by atoms with Crippen LogP contribution in [0.2, 0.25) is 0 Å². The minimum absolute atomic E-state index is 0.0195. The van der Waals surface area contributed by atoms with E-state index in [0.29, 0.717) is 11.5 Å². The van der Waals surface area contributed by atoms with Crippen molar-refractivity contribution in [2.24, 2.45) is 0 Å². The molecule has 1 rings (SSSR count). The van der Waals surface area contributed by atoms with Gasteiger partial charge < -0.3 is 9.15 Å². The number of ketones is 2. The van der Waals surface area contributed by atoms with Gasteiger partial charge >= 0.3 is 0 Å². The number of hydrogen-bond donors (Lipinski definition) is 0. The quantitative estimate of drug-likeness (QED) is 0.347. The van der Waals surface area contributed by atoms with Gasteiger partial charge in [-0.25, -0.2) is 0 Å². The minimum Gasteiger partial charge on any atom is -0.459 e. The summed E-state index contributed by atoms with van der Waals surface area (Å²) in [5, 5.41) is 0. The van der Waals surface area contributed by atoms with Crippen LogP contribution in [0.1, 0.15) is 37.1 Å². The lowest BCUT2D eigenvalue weighted by Gasteiger charge is -2.04. The Morgan fingerprint density at radius 2 is 1.78 bits per heavy atom. The van der Waals surface area contributed by atoms with Gasteiger partial charge in [0, 0.05) is 0 Å². The summed E-state index contributed by atoms with van der Waals surface area (Å²) in [4.78, 5) is 23.1. The molecular weight excluding hydrogens is 232 g/mol. The number of allylic oxidation sites excluding steroid dienone is 2. The van der Waals surface area contributed by atoms with Crippen molar-refractivity contribution < 1.29 is 18.7 Å². The normalized spacial score (nSPS) is 8.89. The molecule has 0 aromatic carbocycles. The van der Waals surface area contributed by atoms with Crippen LogP contribution < -0.4 is 0 Å². The van der Waals surface area contributed by atoms with E-state index in [2.05, 4.69) is 13.2 Å². The molecule has 0 bridgehead atoms. The Kier molecular flexibility index (Phi) is 6.42. The lowest BCUT2D eigenvalue weighted by Crippen LogP contribution is -2.16. The molecule has 1 aromatic rings. The monoisotopic (exact) mass is 250 g/mol. The van der Waals surface area contributed by atoms with Crippen LogP contribution in [-0.4, -0.2) is 11.6 Å². The van der Waals surface area contributed by atoms with Gasteiger partial charge in [-0.2, -0.15) is 0 Å². The maximum Gasteiger partial charge on any atom is 0.271 e. The Morgan fingerprint density at radius 1 is 1.22 bits per heavy atom. The summed E-state index contributed by atoms with van der Waals surface area (Å²) in [6.45, 7) is 14.0. The number of hydrogen-bond acceptors (Lipinski definition) is 4. The van der Waals surface area contributed by atoms with Gasteiger partial charge in [0.25, 0.3) is 11.6 Å². The fourth-order valence-electron chi connectivity index (χ4n) is 1.05. The van der Waals surface area contributed by atoms with E-state index >= 15 is 0 Å². The number of rotatable bonds is 5. The third-order valence-electron chi connectivity index (χ3n) is 1.72.